The van der Waals surface area contributed by atoms with Crippen LogP contribution in [0.25, 0.3) is 0 Å². The van der Waals surface area contributed by atoms with Gasteiger partial charge in [-0.05, 0) is 31.4 Å². The summed E-state index contributed by atoms with van der Waals surface area (Å²) in [4.78, 5) is 4.23. The normalized spacial score (nSPS) is 12.3. The lowest BCUT2D eigenvalue weighted by Gasteiger charge is -2.24. The number of ether oxygens (including phenoxy) is 1. The van der Waals surface area contributed by atoms with Crippen molar-refractivity contribution in [3.05, 3.63) is 35.4 Å². The highest BCUT2D eigenvalue weighted by atomic mass is 16.5. The van der Waals surface area contributed by atoms with E-state index in [2.05, 4.69) is 46.8 Å². The highest BCUT2D eigenvalue weighted by Crippen LogP contribution is 2.09. The van der Waals surface area contributed by atoms with Crippen LogP contribution in [0.2, 0.25) is 0 Å². The summed E-state index contributed by atoms with van der Waals surface area (Å²) < 4.78 is 5.39. The SMILES string of the molecule is CCc1ccccc1CNC(=NC)NCC(C)(C)OC. The summed E-state index contributed by atoms with van der Waals surface area (Å²) in [5.41, 5.74) is 2.47. The van der Waals surface area contributed by atoms with E-state index in [1.54, 1.807) is 14.2 Å². The molecule has 0 saturated carbocycles. The van der Waals surface area contributed by atoms with Gasteiger partial charge in [0.2, 0.25) is 0 Å². The van der Waals surface area contributed by atoms with Crippen molar-refractivity contribution >= 4 is 5.96 Å². The molecule has 20 heavy (non-hydrogen) atoms. The fourth-order valence-electron chi connectivity index (χ4n) is 1.84. The van der Waals surface area contributed by atoms with Crippen LogP contribution in [0.4, 0.5) is 0 Å². The van der Waals surface area contributed by atoms with Gasteiger partial charge in [-0.3, -0.25) is 4.99 Å². The molecule has 0 spiro atoms. The number of rotatable bonds is 6. The molecule has 0 unspecified atom stereocenters. The Morgan fingerprint density at radius 2 is 1.85 bits per heavy atom. The van der Waals surface area contributed by atoms with Crippen molar-refractivity contribution in [3.63, 3.8) is 0 Å². The maximum absolute atomic E-state index is 5.39. The molecule has 0 aliphatic carbocycles. The summed E-state index contributed by atoms with van der Waals surface area (Å²) in [6, 6.07) is 8.47. The van der Waals surface area contributed by atoms with Crippen LogP contribution in [-0.4, -0.2) is 32.3 Å². The molecule has 0 atom stereocenters. The van der Waals surface area contributed by atoms with Crippen molar-refractivity contribution in [1.29, 1.82) is 0 Å². The Hall–Kier alpha value is -1.55. The third kappa shape index (κ3) is 5.21. The van der Waals surface area contributed by atoms with Crippen LogP contribution < -0.4 is 10.6 Å². The number of methoxy groups -OCH3 is 1. The van der Waals surface area contributed by atoms with E-state index in [-0.39, 0.29) is 5.60 Å². The van der Waals surface area contributed by atoms with E-state index in [0.717, 1.165) is 18.9 Å². The largest absolute Gasteiger partial charge is 0.377 e. The van der Waals surface area contributed by atoms with E-state index in [1.165, 1.54) is 11.1 Å². The zero-order chi connectivity index (χ0) is 15.0. The second kappa shape index (κ2) is 7.90. The topological polar surface area (TPSA) is 45.7 Å². The zero-order valence-electron chi connectivity index (χ0n) is 13.3. The monoisotopic (exact) mass is 277 g/mol. The number of aryl methyl sites for hydroxylation is 1. The van der Waals surface area contributed by atoms with Crippen LogP contribution >= 0.6 is 0 Å². The predicted octanol–water partition coefficient (Wildman–Crippen LogP) is 2.34. The van der Waals surface area contributed by atoms with Crippen LogP contribution in [0.1, 0.15) is 31.9 Å². The second-order valence-electron chi connectivity index (χ2n) is 5.37. The van der Waals surface area contributed by atoms with E-state index in [9.17, 15) is 0 Å². The number of benzene rings is 1. The fraction of sp³-hybridized carbons (Fsp3) is 0.562. The van der Waals surface area contributed by atoms with Gasteiger partial charge in [-0.2, -0.15) is 0 Å². The van der Waals surface area contributed by atoms with Crippen molar-refractivity contribution in [2.24, 2.45) is 4.99 Å². The summed E-state index contributed by atoms with van der Waals surface area (Å²) in [5, 5.41) is 6.62. The highest BCUT2D eigenvalue weighted by Gasteiger charge is 2.16. The summed E-state index contributed by atoms with van der Waals surface area (Å²) in [7, 11) is 3.50. The molecule has 1 aromatic carbocycles. The Bertz CT molecular complexity index is 441. The van der Waals surface area contributed by atoms with Crippen molar-refractivity contribution < 1.29 is 4.74 Å². The molecule has 4 nitrogen and oxygen atoms in total. The summed E-state index contributed by atoms with van der Waals surface area (Å²) in [6.07, 6.45) is 1.04. The zero-order valence-corrected chi connectivity index (χ0v) is 13.3. The lowest BCUT2D eigenvalue weighted by Crippen LogP contribution is -2.45. The maximum atomic E-state index is 5.39. The van der Waals surface area contributed by atoms with Crippen molar-refractivity contribution in [1.82, 2.24) is 10.6 Å². The van der Waals surface area contributed by atoms with E-state index in [0.29, 0.717) is 6.54 Å². The molecule has 1 rings (SSSR count). The first-order chi connectivity index (χ1) is 9.52. The number of hydrogen-bond donors (Lipinski definition) is 2. The Morgan fingerprint density at radius 3 is 2.40 bits per heavy atom. The summed E-state index contributed by atoms with van der Waals surface area (Å²) in [5.74, 6) is 0.793. The number of aliphatic imine (C=N–C) groups is 1. The van der Waals surface area contributed by atoms with Gasteiger partial charge < -0.3 is 15.4 Å². The minimum absolute atomic E-state index is 0.209. The van der Waals surface area contributed by atoms with Gasteiger partial charge in [0.05, 0.1) is 5.60 Å². The summed E-state index contributed by atoms with van der Waals surface area (Å²) >= 11 is 0. The Kier molecular flexibility index (Phi) is 6.52. The molecule has 0 heterocycles. The van der Waals surface area contributed by atoms with Crippen LogP contribution in [0.5, 0.6) is 0 Å². The van der Waals surface area contributed by atoms with Crippen molar-refractivity contribution in [2.45, 2.75) is 39.3 Å². The average molecular weight is 277 g/mol. The van der Waals surface area contributed by atoms with Gasteiger partial charge in [0.25, 0.3) is 0 Å². The molecule has 0 amide bonds. The minimum atomic E-state index is -0.209. The minimum Gasteiger partial charge on any atom is -0.377 e. The Morgan fingerprint density at radius 1 is 1.20 bits per heavy atom. The van der Waals surface area contributed by atoms with Crippen LogP contribution in [0, 0.1) is 0 Å². The standard InChI is InChI=1S/C16H27N3O/c1-6-13-9-7-8-10-14(13)11-18-15(17-4)19-12-16(2,3)20-5/h7-10H,6,11-12H2,1-5H3,(H2,17,18,19). The number of hydrogen-bond acceptors (Lipinski definition) is 2. The van der Waals surface area contributed by atoms with E-state index >= 15 is 0 Å². The Labute approximate surface area is 122 Å². The highest BCUT2D eigenvalue weighted by molar-refractivity contribution is 5.79. The third-order valence-corrected chi connectivity index (χ3v) is 3.40. The molecule has 112 valence electrons. The predicted molar refractivity (Wildman–Crippen MR) is 85.1 cm³/mol. The number of nitrogens with one attached hydrogen (secondary N) is 2. The molecule has 1 aromatic rings. The molecule has 0 fully saturated rings. The van der Waals surface area contributed by atoms with Gasteiger partial charge in [0, 0.05) is 27.2 Å². The van der Waals surface area contributed by atoms with Gasteiger partial charge in [0.15, 0.2) is 5.96 Å². The molecular formula is C16H27N3O. The quantitative estimate of drug-likeness (QED) is 0.620. The molecule has 0 saturated heterocycles. The third-order valence-electron chi connectivity index (χ3n) is 3.40. The maximum Gasteiger partial charge on any atom is 0.191 e. The van der Waals surface area contributed by atoms with Crippen LogP contribution in [0.3, 0.4) is 0 Å². The van der Waals surface area contributed by atoms with E-state index < -0.39 is 0 Å². The Balaban J connectivity index is 2.54. The molecular weight excluding hydrogens is 250 g/mol. The molecule has 0 aromatic heterocycles. The molecule has 0 radical (unpaired) electrons. The first kappa shape index (κ1) is 16.5. The fourth-order valence-corrected chi connectivity index (χ4v) is 1.84. The van der Waals surface area contributed by atoms with Gasteiger partial charge in [-0.25, -0.2) is 0 Å². The van der Waals surface area contributed by atoms with Crippen molar-refractivity contribution in [3.8, 4) is 0 Å². The van der Waals surface area contributed by atoms with Gasteiger partial charge in [-0.1, -0.05) is 31.2 Å². The van der Waals surface area contributed by atoms with E-state index in [4.69, 9.17) is 4.74 Å². The smallest absolute Gasteiger partial charge is 0.191 e. The van der Waals surface area contributed by atoms with Crippen LogP contribution in [-0.2, 0) is 17.7 Å². The lowest BCUT2D eigenvalue weighted by atomic mass is 10.1. The number of guanidine groups is 1. The molecule has 0 aliphatic heterocycles. The van der Waals surface area contributed by atoms with Crippen LogP contribution in [0.15, 0.2) is 29.3 Å². The van der Waals surface area contributed by atoms with E-state index in [1.807, 2.05) is 13.8 Å². The first-order valence-corrected chi connectivity index (χ1v) is 7.09. The second-order valence-corrected chi connectivity index (χ2v) is 5.37. The molecule has 0 aliphatic rings. The van der Waals surface area contributed by atoms with Crippen molar-refractivity contribution in [2.75, 3.05) is 20.7 Å². The van der Waals surface area contributed by atoms with Gasteiger partial charge in [0.1, 0.15) is 0 Å². The van der Waals surface area contributed by atoms with Gasteiger partial charge in [-0.15, -0.1) is 0 Å². The lowest BCUT2D eigenvalue weighted by molar-refractivity contribution is 0.0268. The average Bonchev–Trinajstić information content (AvgIpc) is 2.47. The molecule has 2 N–H and O–H groups in total. The summed E-state index contributed by atoms with van der Waals surface area (Å²) in [6.45, 7) is 7.74. The first-order valence-electron chi connectivity index (χ1n) is 7.09. The molecule has 0 bridgehead atoms. The molecule has 4 heteroatoms. The number of nitrogens with zero attached hydrogens (tertiary/aromatic N) is 1. The van der Waals surface area contributed by atoms with Gasteiger partial charge >= 0.3 is 0 Å².